The van der Waals surface area contributed by atoms with Crippen LogP contribution in [0.15, 0.2) is 41.4 Å². The van der Waals surface area contributed by atoms with Crippen molar-refractivity contribution in [1.29, 1.82) is 0 Å². The van der Waals surface area contributed by atoms with Crippen molar-refractivity contribution >= 4 is 5.91 Å². The van der Waals surface area contributed by atoms with Crippen LogP contribution in [-0.2, 0) is 0 Å². The highest BCUT2D eigenvalue weighted by atomic mass is 16.5. The van der Waals surface area contributed by atoms with Gasteiger partial charge in [-0.3, -0.25) is 14.8 Å². The summed E-state index contributed by atoms with van der Waals surface area (Å²) in [5, 5.41) is 4.02. The van der Waals surface area contributed by atoms with E-state index in [9.17, 15) is 4.79 Å². The van der Waals surface area contributed by atoms with Crippen LogP contribution in [0.5, 0.6) is 0 Å². The largest absolute Gasteiger partial charge is 0.361 e. The number of carbonyl (C=O) groups excluding carboxylic acids is 1. The van der Waals surface area contributed by atoms with E-state index in [4.69, 9.17) is 4.52 Å². The molecule has 0 spiro atoms. The molecule has 0 atom stereocenters. The van der Waals surface area contributed by atoms with Crippen molar-refractivity contribution in [2.24, 2.45) is 0 Å². The molecule has 0 unspecified atom stereocenters. The average Bonchev–Trinajstić information content (AvgIpc) is 3.06. The summed E-state index contributed by atoms with van der Waals surface area (Å²) in [7, 11) is 0. The highest BCUT2D eigenvalue weighted by Gasteiger charge is 2.26. The van der Waals surface area contributed by atoms with E-state index >= 15 is 0 Å². The number of rotatable bonds is 3. The number of amides is 1. The molecule has 3 aromatic rings. The Hall–Kier alpha value is -3.09. The van der Waals surface area contributed by atoms with Crippen molar-refractivity contribution in [2.75, 3.05) is 13.1 Å². The van der Waals surface area contributed by atoms with Crippen molar-refractivity contribution in [3.05, 3.63) is 59.6 Å². The molecule has 0 radical (unpaired) electrons. The molecule has 138 valence electrons. The second kappa shape index (κ2) is 7.26. The Morgan fingerprint density at radius 3 is 2.63 bits per heavy atom. The van der Waals surface area contributed by atoms with Gasteiger partial charge in [0.1, 0.15) is 11.5 Å². The van der Waals surface area contributed by atoms with Crippen LogP contribution in [0, 0.1) is 13.8 Å². The van der Waals surface area contributed by atoms with Gasteiger partial charge in [0, 0.05) is 31.7 Å². The van der Waals surface area contributed by atoms with Gasteiger partial charge >= 0.3 is 0 Å². The third-order valence-corrected chi connectivity index (χ3v) is 5.11. The lowest BCUT2D eigenvalue weighted by Gasteiger charge is -2.32. The van der Waals surface area contributed by atoms with Crippen LogP contribution >= 0.6 is 0 Å². The Balaban J connectivity index is 1.47. The smallest absolute Gasteiger partial charge is 0.274 e. The molecule has 4 rings (SSSR count). The minimum atomic E-state index is -0.0484. The highest BCUT2D eigenvalue weighted by Crippen LogP contribution is 2.32. The minimum Gasteiger partial charge on any atom is -0.361 e. The normalized spacial score (nSPS) is 15.1. The molecule has 1 aliphatic heterocycles. The van der Waals surface area contributed by atoms with Crippen molar-refractivity contribution in [3.63, 3.8) is 0 Å². The summed E-state index contributed by atoms with van der Waals surface area (Å²) < 4.78 is 5.27. The van der Waals surface area contributed by atoms with E-state index < -0.39 is 0 Å². The Morgan fingerprint density at radius 2 is 1.96 bits per heavy atom. The number of pyridine rings is 1. The van der Waals surface area contributed by atoms with Crippen molar-refractivity contribution < 1.29 is 9.32 Å². The fourth-order valence-electron chi connectivity index (χ4n) is 3.67. The van der Waals surface area contributed by atoms with Gasteiger partial charge in [-0.1, -0.05) is 5.16 Å². The molecule has 0 N–H and O–H groups in total. The van der Waals surface area contributed by atoms with Gasteiger partial charge in [0.2, 0.25) is 0 Å². The number of carbonyl (C=O) groups is 1. The van der Waals surface area contributed by atoms with Crippen molar-refractivity contribution in [1.82, 2.24) is 25.0 Å². The Bertz CT molecular complexity index is 927. The van der Waals surface area contributed by atoms with Crippen molar-refractivity contribution in [3.8, 4) is 11.3 Å². The van der Waals surface area contributed by atoms with Gasteiger partial charge in [-0.15, -0.1) is 0 Å². The lowest BCUT2D eigenvalue weighted by Crippen LogP contribution is -2.38. The van der Waals surface area contributed by atoms with E-state index in [1.54, 1.807) is 12.4 Å². The summed E-state index contributed by atoms with van der Waals surface area (Å²) in [6.07, 6.45) is 8.31. The van der Waals surface area contributed by atoms with E-state index in [-0.39, 0.29) is 5.91 Å². The fourth-order valence-corrected chi connectivity index (χ4v) is 3.67. The minimum absolute atomic E-state index is 0.0484. The zero-order chi connectivity index (χ0) is 18.8. The van der Waals surface area contributed by atoms with E-state index in [2.05, 4.69) is 32.2 Å². The zero-order valence-electron chi connectivity index (χ0n) is 15.4. The quantitative estimate of drug-likeness (QED) is 0.710. The number of likely N-dealkylation sites (tertiary alicyclic amines) is 1. The standard InChI is InChI=1S/C20H21N5O2/c1-13-19(14(2)27-24-13)17-11-16(3-6-22-17)15-4-9-25(10-5-15)20(26)18-12-21-7-8-23-18/h3,6-8,11-12,15H,4-5,9-10H2,1-2H3. The summed E-state index contributed by atoms with van der Waals surface area (Å²) in [6, 6.07) is 4.18. The summed E-state index contributed by atoms with van der Waals surface area (Å²) in [4.78, 5) is 27.0. The number of aromatic nitrogens is 4. The predicted molar refractivity (Wildman–Crippen MR) is 99.1 cm³/mol. The maximum atomic E-state index is 12.5. The number of nitrogens with zero attached hydrogens (tertiary/aromatic N) is 5. The van der Waals surface area contributed by atoms with Gasteiger partial charge in [0.25, 0.3) is 5.91 Å². The van der Waals surface area contributed by atoms with Crippen LogP contribution in [0.1, 0.15) is 46.3 Å². The zero-order valence-corrected chi connectivity index (χ0v) is 15.4. The molecule has 0 bridgehead atoms. The molecule has 7 heteroatoms. The maximum Gasteiger partial charge on any atom is 0.274 e. The number of hydrogen-bond acceptors (Lipinski definition) is 6. The van der Waals surface area contributed by atoms with Crippen LogP contribution in [0.4, 0.5) is 0 Å². The van der Waals surface area contributed by atoms with E-state index in [1.807, 2.05) is 24.9 Å². The summed E-state index contributed by atoms with van der Waals surface area (Å²) in [5.74, 6) is 1.13. The first kappa shape index (κ1) is 17.3. The first-order valence-corrected chi connectivity index (χ1v) is 9.08. The van der Waals surface area contributed by atoms with Gasteiger partial charge in [0.05, 0.1) is 23.1 Å². The molecule has 7 nitrogen and oxygen atoms in total. The molecule has 1 aliphatic rings. The summed E-state index contributed by atoms with van der Waals surface area (Å²) in [5.41, 5.74) is 4.35. The Morgan fingerprint density at radius 1 is 1.15 bits per heavy atom. The van der Waals surface area contributed by atoms with Gasteiger partial charge < -0.3 is 9.42 Å². The number of hydrogen-bond donors (Lipinski definition) is 0. The van der Waals surface area contributed by atoms with Crippen LogP contribution in [-0.4, -0.2) is 44.0 Å². The van der Waals surface area contributed by atoms with Gasteiger partial charge in [-0.2, -0.15) is 0 Å². The third-order valence-electron chi connectivity index (χ3n) is 5.11. The maximum absolute atomic E-state index is 12.5. The SMILES string of the molecule is Cc1noc(C)c1-c1cc(C2CCN(C(=O)c3cnccn3)CC2)ccn1. The average molecular weight is 363 g/mol. The fraction of sp³-hybridized carbons (Fsp3) is 0.350. The Labute approximate surface area is 157 Å². The first-order chi connectivity index (χ1) is 13.1. The van der Waals surface area contributed by atoms with Crippen LogP contribution in [0.2, 0.25) is 0 Å². The van der Waals surface area contributed by atoms with E-state index in [1.165, 1.54) is 11.8 Å². The lowest BCUT2D eigenvalue weighted by molar-refractivity contribution is 0.0706. The van der Waals surface area contributed by atoms with Gasteiger partial charge in [-0.25, -0.2) is 4.98 Å². The lowest BCUT2D eigenvalue weighted by atomic mass is 9.89. The molecule has 0 aromatic carbocycles. The molecule has 1 amide bonds. The second-order valence-corrected chi connectivity index (χ2v) is 6.83. The number of aryl methyl sites for hydroxylation is 2. The highest BCUT2D eigenvalue weighted by molar-refractivity contribution is 5.92. The molecule has 1 saturated heterocycles. The molecule has 27 heavy (non-hydrogen) atoms. The molecule has 4 heterocycles. The summed E-state index contributed by atoms with van der Waals surface area (Å²) in [6.45, 7) is 5.25. The van der Waals surface area contributed by atoms with Crippen LogP contribution in [0.3, 0.4) is 0 Å². The van der Waals surface area contributed by atoms with Crippen molar-refractivity contribution in [2.45, 2.75) is 32.6 Å². The van der Waals surface area contributed by atoms with E-state index in [0.29, 0.717) is 24.7 Å². The van der Waals surface area contributed by atoms with Gasteiger partial charge in [0.15, 0.2) is 0 Å². The number of piperidine rings is 1. The monoisotopic (exact) mass is 363 g/mol. The topological polar surface area (TPSA) is 85.0 Å². The molecule has 0 saturated carbocycles. The van der Waals surface area contributed by atoms with Crippen LogP contribution in [0.25, 0.3) is 11.3 Å². The molecular formula is C20H21N5O2. The molecule has 0 aliphatic carbocycles. The second-order valence-electron chi connectivity index (χ2n) is 6.83. The Kier molecular flexibility index (Phi) is 4.66. The van der Waals surface area contributed by atoms with Gasteiger partial charge in [-0.05, 0) is 50.3 Å². The first-order valence-electron chi connectivity index (χ1n) is 9.08. The summed E-state index contributed by atoms with van der Waals surface area (Å²) >= 11 is 0. The van der Waals surface area contributed by atoms with E-state index in [0.717, 1.165) is 35.6 Å². The predicted octanol–water partition coefficient (Wildman–Crippen LogP) is 3.16. The molecule has 1 fully saturated rings. The third kappa shape index (κ3) is 3.45. The van der Waals surface area contributed by atoms with Crippen LogP contribution < -0.4 is 0 Å². The molecular weight excluding hydrogens is 342 g/mol. The molecule has 3 aromatic heterocycles.